The zero-order valence-corrected chi connectivity index (χ0v) is 9.42. The van der Waals surface area contributed by atoms with Crippen molar-refractivity contribution in [2.45, 2.75) is 0 Å². The van der Waals surface area contributed by atoms with Crippen LogP contribution in [0.1, 0.15) is 5.56 Å². The highest BCUT2D eigenvalue weighted by Crippen LogP contribution is 2.20. The number of aromatic amines is 1. The maximum absolute atomic E-state index is 7.77. The van der Waals surface area contributed by atoms with Gasteiger partial charge in [0.2, 0.25) is 0 Å². The first kappa shape index (κ1) is 11.3. The van der Waals surface area contributed by atoms with Crippen molar-refractivity contribution in [3.05, 3.63) is 29.0 Å². The standard InChI is InChI=1S/C10H9ClN6/c11-5-1-6-7(4-16-10(6)15-3-5)9(14)17-8(13)2-12/h1-4,12H,(H,15,16)(H3,13,14,17). The average Bonchev–Trinajstić information content (AvgIpc) is 2.71. The van der Waals surface area contributed by atoms with Crippen LogP contribution in [0, 0.1) is 10.8 Å². The van der Waals surface area contributed by atoms with Crippen LogP contribution in [0.5, 0.6) is 0 Å². The van der Waals surface area contributed by atoms with Crippen LogP contribution in [0.25, 0.3) is 11.0 Å². The lowest BCUT2D eigenvalue weighted by Gasteiger charge is -1.97. The van der Waals surface area contributed by atoms with Gasteiger partial charge in [0.25, 0.3) is 0 Å². The second-order valence-corrected chi connectivity index (χ2v) is 3.72. The number of nitrogens with one attached hydrogen (secondary N) is 3. The van der Waals surface area contributed by atoms with Gasteiger partial charge in [-0.1, -0.05) is 11.6 Å². The summed E-state index contributed by atoms with van der Waals surface area (Å²) >= 11 is 5.84. The normalized spacial score (nSPS) is 11.7. The molecule has 0 aliphatic carbocycles. The number of aromatic nitrogens is 2. The Morgan fingerprint density at radius 2 is 2.35 bits per heavy atom. The van der Waals surface area contributed by atoms with E-state index in [1.54, 1.807) is 12.3 Å². The summed E-state index contributed by atoms with van der Waals surface area (Å²) in [6.45, 7) is 0. The molecule has 2 aromatic heterocycles. The molecule has 2 heterocycles. The van der Waals surface area contributed by atoms with Gasteiger partial charge in [-0.3, -0.25) is 5.41 Å². The minimum Gasteiger partial charge on any atom is -0.382 e. The van der Waals surface area contributed by atoms with Crippen LogP contribution in [0.2, 0.25) is 5.02 Å². The molecule has 0 fully saturated rings. The Labute approximate surface area is 102 Å². The molecule has 0 amide bonds. The van der Waals surface area contributed by atoms with Gasteiger partial charge in [0.1, 0.15) is 11.5 Å². The number of halogens is 1. The smallest absolute Gasteiger partial charge is 0.156 e. The average molecular weight is 249 g/mol. The first-order valence-corrected chi connectivity index (χ1v) is 5.06. The molecule has 86 valence electrons. The van der Waals surface area contributed by atoms with Crippen molar-refractivity contribution >= 4 is 40.5 Å². The van der Waals surface area contributed by atoms with Gasteiger partial charge in [-0.05, 0) is 6.07 Å². The number of hydrogen-bond acceptors (Lipinski definition) is 3. The van der Waals surface area contributed by atoms with Crippen molar-refractivity contribution in [2.24, 2.45) is 10.7 Å². The number of rotatable bonds is 2. The molecule has 0 saturated heterocycles. The summed E-state index contributed by atoms with van der Waals surface area (Å²) in [6.07, 6.45) is 4.01. The van der Waals surface area contributed by atoms with E-state index < -0.39 is 0 Å². The van der Waals surface area contributed by atoms with Crippen LogP contribution in [-0.2, 0) is 0 Å². The fraction of sp³-hybridized carbons (Fsp3) is 0. The Morgan fingerprint density at radius 3 is 3.06 bits per heavy atom. The van der Waals surface area contributed by atoms with E-state index in [1.807, 2.05) is 0 Å². The van der Waals surface area contributed by atoms with E-state index in [2.05, 4.69) is 15.0 Å². The number of fused-ring (bicyclic) bond motifs is 1. The topological polar surface area (TPSA) is 115 Å². The van der Waals surface area contributed by atoms with Crippen LogP contribution in [-0.4, -0.2) is 27.9 Å². The van der Waals surface area contributed by atoms with Crippen molar-refractivity contribution in [3.8, 4) is 0 Å². The molecule has 0 aliphatic heterocycles. The molecular weight excluding hydrogens is 240 g/mol. The van der Waals surface area contributed by atoms with E-state index in [9.17, 15) is 0 Å². The lowest BCUT2D eigenvalue weighted by atomic mass is 10.2. The number of H-pyrrole nitrogens is 1. The van der Waals surface area contributed by atoms with E-state index in [0.717, 1.165) is 6.21 Å². The fourth-order valence-corrected chi connectivity index (χ4v) is 1.55. The number of pyridine rings is 1. The predicted molar refractivity (Wildman–Crippen MR) is 68.3 cm³/mol. The quantitative estimate of drug-likeness (QED) is 0.477. The molecular formula is C10H9ClN6. The number of nitrogens with two attached hydrogens (primary N) is 1. The lowest BCUT2D eigenvalue weighted by Crippen LogP contribution is -2.14. The van der Waals surface area contributed by atoms with Crippen LogP contribution in [0.15, 0.2) is 23.5 Å². The molecule has 0 aliphatic rings. The predicted octanol–water partition coefficient (Wildman–Crippen LogP) is 1.55. The third-order valence-electron chi connectivity index (χ3n) is 2.14. The third kappa shape index (κ3) is 2.16. The Hall–Kier alpha value is -2.21. The maximum atomic E-state index is 7.77. The largest absolute Gasteiger partial charge is 0.382 e. The van der Waals surface area contributed by atoms with Crippen LogP contribution < -0.4 is 5.73 Å². The highest BCUT2D eigenvalue weighted by atomic mass is 35.5. The minimum atomic E-state index is -0.0404. The van der Waals surface area contributed by atoms with Gasteiger partial charge in [-0.15, -0.1) is 0 Å². The molecule has 17 heavy (non-hydrogen) atoms. The summed E-state index contributed by atoms with van der Waals surface area (Å²) in [5.74, 6) is -0.0688. The van der Waals surface area contributed by atoms with E-state index in [1.165, 1.54) is 6.20 Å². The SMILES string of the molecule is N=C/C(N)=N\C(=N)c1c[nH]c2ncc(Cl)cc12. The molecule has 0 aromatic carbocycles. The van der Waals surface area contributed by atoms with Gasteiger partial charge in [0, 0.05) is 23.3 Å². The number of aliphatic imine (C=N–C) groups is 1. The highest BCUT2D eigenvalue weighted by Gasteiger charge is 2.09. The van der Waals surface area contributed by atoms with Gasteiger partial charge < -0.3 is 16.1 Å². The van der Waals surface area contributed by atoms with Gasteiger partial charge in [-0.25, -0.2) is 9.98 Å². The van der Waals surface area contributed by atoms with Crippen LogP contribution in [0.3, 0.4) is 0 Å². The molecule has 2 aromatic rings. The van der Waals surface area contributed by atoms with E-state index in [4.69, 9.17) is 28.2 Å². The summed E-state index contributed by atoms with van der Waals surface area (Å²) < 4.78 is 0. The minimum absolute atomic E-state index is 0.0284. The van der Waals surface area contributed by atoms with Gasteiger partial charge in [0.15, 0.2) is 5.84 Å². The van der Waals surface area contributed by atoms with Crippen molar-refractivity contribution in [3.63, 3.8) is 0 Å². The molecule has 0 saturated carbocycles. The summed E-state index contributed by atoms with van der Waals surface area (Å²) in [5, 5.41) is 15.9. The Morgan fingerprint density at radius 1 is 1.59 bits per heavy atom. The van der Waals surface area contributed by atoms with Gasteiger partial charge in [0.05, 0.1) is 11.2 Å². The molecule has 0 bridgehead atoms. The Kier molecular flexibility index (Phi) is 2.88. The molecule has 5 N–H and O–H groups in total. The lowest BCUT2D eigenvalue weighted by molar-refractivity contribution is 1.32. The second kappa shape index (κ2) is 4.34. The molecule has 2 rings (SSSR count). The Bertz CT molecular complexity index is 627. The molecule has 6 nitrogen and oxygen atoms in total. The first-order chi connectivity index (χ1) is 8.11. The fourth-order valence-electron chi connectivity index (χ4n) is 1.40. The van der Waals surface area contributed by atoms with Crippen molar-refractivity contribution in [1.82, 2.24) is 9.97 Å². The molecule has 0 atom stereocenters. The highest BCUT2D eigenvalue weighted by molar-refractivity contribution is 6.32. The zero-order valence-electron chi connectivity index (χ0n) is 8.66. The van der Waals surface area contributed by atoms with E-state index >= 15 is 0 Å². The van der Waals surface area contributed by atoms with Crippen molar-refractivity contribution < 1.29 is 0 Å². The van der Waals surface area contributed by atoms with Gasteiger partial charge >= 0.3 is 0 Å². The van der Waals surface area contributed by atoms with Crippen molar-refractivity contribution in [2.75, 3.05) is 0 Å². The van der Waals surface area contributed by atoms with Crippen LogP contribution >= 0.6 is 11.6 Å². The second-order valence-electron chi connectivity index (χ2n) is 3.28. The van der Waals surface area contributed by atoms with Crippen LogP contribution in [0.4, 0.5) is 0 Å². The summed E-state index contributed by atoms with van der Waals surface area (Å²) in [6, 6.07) is 1.69. The third-order valence-corrected chi connectivity index (χ3v) is 2.35. The molecule has 0 spiro atoms. The van der Waals surface area contributed by atoms with E-state index in [-0.39, 0.29) is 11.7 Å². The maximum Gasteiger partial charge on any atom is 0.156 e. The van der Waals surface area contributed by atoms with Gasteiger partial charge in [-0.2, -0.15) is 0 Å². The number of nitrogens with zero attached hydrogens (tertiary/aromatic N) is 2. The summed E-state index contributed by atoms with van der Waals surface area (Å²) in [4.78, 5) is 10.7. The number of hydrogen-bond donors (Lipinski definition) is 4. The first-order valence-electron chi connectivity index (χ1n) is 4.68. The monoisotopic (exact) mass is 248 g/mol. The van der Waals surface area contributed by atoms with E-state index in [0.29, 0.717) is 21.6 Å². The zero-order chi connectivity index (χ0) is 12.4. The number of amidine groups is 2. The molecule has 7 heteroatoms. The summed E-state index contributed by atoms with van der Waals surface area (Å²) in [5.41, 5.74) is 6.53. The molecule has 0 radical (unpaired) electrons. The Balaban J connectivity index is 2.52. The van der Waals surface area contributed by atoms with Crippen molar-refractivity contribution in [1.29, 1.82) is 10.8 Å². The summed E-state index contributed by atoms with van der Waals surface area (Å²) in [7, 11) is 0. The molecule has 0 unspecified atom stereocenters.